The van der Waals surface area contributed by atoms with E-state index in [1.54, 1.807) is 43.3 Å². The van der Waals surface area contributed by atoms with Gasteiger partial charge >= 0.3 is 0 Å². The molecule has 11 heteroatoms. The average molecular weight is 667 g/mol. The topological polar surface area (TPSA) is 86.8 Å². The molecule has 2 amide bonds. The predicted molar refractivity (Wildman–Crippen MR) is 176 cm³/mol. The van der Waals surface area contributed by atoms with E-state index < -0.39 is 16.1 Å². The van der Waals surface area contributed by atoms with Crippen molar-refractivity contribution < 1.29 is 18.0 Å². The Hall–Kier alpha value is -2.78. The molecule has 2 unspecified atom stereocenters. The zero-order valence-corrected chi connectivity index (χ0v) is 27.9. The fraction of sp³-hybridized carbons (Fsp3) is 0.375. The molecule has 7 nitrogen and oxygen atoms in total. The summed E-state index contributed by atoms with van der Waals surface area (Å²) in [7, 11) is -3.66. The van der Waals surface area contributed by atoms with E-state index >= 15 is 0 Å². The fourth-order valence-electron chi connectivity index (χ4n) is 4.68. The normalized spacial score (nSPS) is 12.8. The Morgan fingerprint density at radius 1 is 0.953 bits per heavy atom. The first-order chi connectivity index (χ1) is 20.3. The minimum Gasteiger partial charge on any atom is -0.352 e. The van der Waals surface area contributed by atoms with Crippen LogP contribution in [0.4, 0.5) is 5.69 Å². The van der Waals surface area contributed by atoms with Crippen LogP contribution in [0.25, 0.3) is 0 Å². The number of anilines is 1. The molecule has 43 heavy (non-hydrogen) atoms. The van der Waals surface area contributed by atoms with Gasteiger partial charge in [0, 0.05) is 47.0 Å². The quantitative estimate of drug-likeness (QED) is 0.200. The number of amides is 2. The van der Waals surface area contributed by atoms with Gasteiger partial charge in [0.1, 0.15) is 6.04 Å². The predicted octanol–water partition coefficient (Wildman–Crippen LogP) is 7.06. The van der Waals surface area contributed by atoms with Crippen molar-refractivity contribution in [2.75, 3.05) is 17.1 Å². The van der Waals surface area contributed by atoms with Crippen LogP contribution in [0, 0.1) is 6.92 Å². The summed E-state index contributed by atoms with van der Waals surface area (Å²) < 4.78 is 26.8. The van der Waals surface area contributed by atoms with Gasteiger partial charge < -0.3 is 10.2 Å². The highest BCUT2D eigenvalue weighted by Gasteiger charge is 2.31. The van der Waals surface area contributed by atoms with Gasteiger partial charge in [0.05, 0.1) is 11.9 Å². The Kier molecular flexibility index (Phi) is 12.8. The first-order valence-electron chi connectivity index (χ1n) is 14.1. The van der Waals surface area contributed by atoms with Crippen LogP contribution < -0.4 is 9.62 Å². The molecule has 0 heterocycles. The third-order valence-electron chi connectivity index (χ3n) is 7.29. The van der Waals surface area contributed by atoms with Crippen molar-refractivity contribution in [3.63, 3.8) is 0 Å². The summed E-state index contributed by atoms with van der Waals surface area (Å²) in [6, 6.07) is 18.7. The lowest BCUT2D eigenvalue weighted by Gasteiger charge is -2.33. The van der Waals surface area contributed by atoms with E-state index in [4.69, 9.17) is 34.8 Å². The Morgan fingerprint density at radius 2 is 1.65 bits per heavy atom. The monoisotopic (exact) mass is 665 g/mol. The van der Waals surface area contributed by atoms with Crippen LogP contribution in [0.15, 0.2) is 66.7 Å². The van der Waals surface area contributed by atoms with E-state index in [2.05, 4.69) is 5.32 Å². The van der Waals surface area contributed by atoms with E-state index in [9.17, 15) is 18.0 Å². The van der Waals surface area contributed by atoms with Gasteiger partial charge in [-0.1, -0.05) is 84.2 Å². The maximum Gasteiger partial charge on any atom is 0.243 e. The summed E-state index contributed by atoms with van der Waals surface area (Å²) in [6.07, 6.45) is 2.36. The lowest BCUT2D eigenvalue weighted by Crippen LogP contribution is -2.52. The number of nitrogens with zero attached hydrogens (tertiary/aromatic N) is 2. The molecule has 0 aromatic heterocycles. The van der Waals surface area contributed by atoms with Gasteiger partial charge in [-0.15, -0.1) is 0 Å². The minimum absolute atomic E-state index is 0.00125. The number of sulfonamides is 1. The van der Waals surface area contributed by atoms with E-state index in [1.807, 2.05) is 44.2 Å². The lowest BCUT2D eigenvalue weighted by molar-refractivity contribution is -0.141. The molecule has 2 atom stereocenters. The van der Waals surface area contributed by atoms with Crippen LogP contribution in [0.1, 0.15) is 49.8 Å². The molecule has 1 N–H and O–H groups in total. The maximum absolute atomic E-state index is 14.0. The SMILES string of the molecule is CCC(C)NC(=O)C(Cc1ccccc1)N(Cc1ccc(Cl)cc1Cl)C(=O)CCCN(c1cccc(Cl)c1C)S(C)(=O)=O. The van der Waals surface area contributed by atoms with Gasteiger partial charge in [0.25, 0.3) is 0 Å². The third kappa shape index (κ3) is 9.86. The molecular weight excluding hydrogens is 629 g/mol. The molecule has 0 fully saturated rings. The molecule has 3 aromatic carbocycles. The second-order valence-electron chi connectivity index (χ2n) is 10.6. The maximum atomic E-state index is 14.0. The van der Waals surface area contributed by atoms with Crippen molar-refractivity contribution >= 4 is 62.3 Å². The van der Waals surface area contributed by atoms with Crippen LogP contribution in [-0.4, -0.2) is 50.0 Å². The molecule has 0 radical (unpaired) electrons. The van der Waals surface area contributed by atoms with E-state index in [0.29, 0.717) is 31.9 Å². The standard InChI is InChI=1S/C32H38Cl3N3O4S/c1-5-22(2)36-32(40)30(19-24-11-7-6-8-12-24)37(21-25-16-17-26(33)20-28(25)35)31(39)15-10-18-38(43(4,41)42)29-14-9-13-27(34)23(29)3/h6-9,11-14,16-17,20,22,30H,5,10,15,18-19,21H2,1-4H3,(H,36,40). The van der Waals surface area contributed by atoms with E-state index in [-0.39, 0.29) is 50.2 Å². The van der Waals surface area contributed by atoms with Crippen molar-refractivity contribution in [2.45, 2.75) is 65.1 Å². The highest BCUT2D eigenvalue weighted by atomic mass is 35.5. The average Bonchev–Trinajstić information content (AvgIpc) is 2.95. The van der Waals surface area contributed by atoms with Gasteiger partial charge in [0.15, 0.2) is 0 Å². The van der Waals surface area contributed by atoms with Crippen molar-refractivity contribution in [1.29, 1.82) is 0 Å². The number of halogens is 3. The molecule has 0 bridgehead atoms. The van der Waals surface area contributed by atoms with Crippen molar-refractivity contribution in [1.82, 2.24) is 10.2 Å². The molecular formula is C32H38Cl3N3O4S. The smallest absolute Gasteiger partial charge is 0.243 e. The summed E-state index contributed by atoms with van der Waals surface area (Å²) in [5.74, 6) is -0.577. The second kappa shape index (κ2) is 15.8. The number of benzene rings is 3. The number of carbonyl (C=O) groups excluding carboxylic acids is 2. The Bertz CT molecular complexity index is 1520. The summed E-state index contributed by atoms with van der Waals surface area (Å²) in [6.45, 7) is 5.77. The van der Waals surface area contributed by atoms with Crippen LogP contribution in [0.3, 0.4) is 0 Å². The number of nitrogens with one attached hydrogen (secondary N) is 1. The zero-order chi connectivity index (χ0) is 31.7. The lowest BCUT2D eigenvalue weighted by atomic mass is 10.0. The zero-order valence-electron chi connectivity index (χ0n) is 24.8. The van der Waals surface area contributed by atoms with E-state index in [1.165, 1.54) is 9.21 Å². The Morgan fingerprint density at radius 3 is 2.28 bits per heavy atom. The van der Waals surface area contributed by atoms with Crippen molar-refractivity contribution in [2.24, 2.45) is 0 Å². The van der Waals surface area contributed by atoms with Gasteiger partial charge in [-0.25, -0.2) is 8.42 Å². The number of hydrogen-bond donors (Lipinski definition) is 1. The molecule has 0 saturated heterocycles. The van der Waals surface area contributed by atoms with Crippen LogP contribution in [0.2, 0.25) is 15.1 Å². The number of hydrogen-bond acceptors (Lipinski definition) is 4. The largest absolute Gasteiger partial charge is 0.352 e. The summed E-state index contributed by atoms with van der Waals surface area (Å²) in [5.41, 5.74) is 2.62. The first kappa shape index (κ1) is 34.7. The van der Waals surface area contributed by atoms with Gasteiger partial charge in [-0.3, -0.25) is 13.9 Å². The summed E-state index contributed by atoms with van der Waals surface area (Å²) in [5, 5.41) is 4.32. The fourth-order valence-corrected chi connectivity index (χ4v) is 6.33. The van der Waals surface area contributed by atoms with Gasteiger partial charge in [-0.05, 0) is 67.6 Å². The van der Waals surface area contributed by atoms with Crippen molar-refractivity contribution in [3.05, 3.63) is 98.5 Å². The molecule has 0 saturated carbocycles. The molecule has 3 rings (SSSR count). The molecule has 0 aliphatic carbocycles. The Labute approximate surface area is 270 Å². The molecule has 0 spiro atoms. The molecule has 3 aromatic rings. The molecule has 0 aliphatic rings. The van der Waals surface area contributed by atoms with Crippen LogP contribution in [0.5, 0.6) is 0 Å². The van der Waals surface area contributed by atoms with Gasteiger partial charge in [-0.2, -0.15) is 0 Å². The molecule has 0 aliphatic heterocycles. The third-order valence-corrected chi connectivity index (χ3v) is 9.46. The van der Waals surface area contributed by atoms with Crippen LogP contribution >= 0.6 is 34.8 Å². The van der Waals surface area contributed by atoms with Gasteiger partial charge in [0.2, 0.25) is 21.8 Å². The summed E-state index contributed by atoms with van der Waals surface area (Å²) >= 11 is 18.9. The number of carbonyl (C=O) groups is 2. The highest BCUT2D eigenvalue weighted by Crippen LogP contribution is 2.29. The highest BCUT2D eigenvalue weighted by molar-refractivity contribution is 7.92. The first-order valence-corrected chi connectivity index (χ1v) is 17.1. The number of rotatable bonds is 14. The van der Waals surface area contributed by atoms with E-state index in [0.717, 1.165) is 18.2 Å². The second-order valence-corrected chi connectivity index (χ2v) is 13.8. The summed E-state index contributed by atoms with van der Waals surface area (Å²) in [4.78, 5) is 29.2. The molecule has 232 valence electrons. The van der Waals surface area contributed by atoms with Crippen LogP contribution in [-0.2, 0) is 32.6 Å². The Balaban J connectivity index is 1.94. The van der Waals surface area contributed by atoms with Crippen molar-refractivity contribution in [3.8, 4) is 0 Å². The minimum atomic E-state index is -3.66.